The van der Waals surface area contributed by atoms with E-state index >= 15 is 0 Å². The topological polar surface area (TPSA) is 63.9 Å². The third kappa shape index (κ3) is 2.38. The third-order valence-corrected chi connectivity index (χ3v) is 3.62. The van der Waals surface area contributed by atoms with Crippen molar-refractivity contribution in [3.63, 3.8) is 0 Å². The summed E-state index contributed by atoms with van der Waals surface area (Å²) in [7, 11) is 1.59. The van der Waals surface area contributed by atoms with E-state index < -0.39 is 5.97 Å². The second-order valence-electron chi connectivity index (χ2n) is 3.89. The molecule has 0 saturated carbocycles. The maximum Gasteiger partial charge on any atom is 0.360 e. The molecule has 0 aliphatic rings. The molecule has 0 atom stereocenters. The van der Waals surface area contributed by atoms with Crippen molar-refractivity contribution < 1.29 is 14.3 Å². The van der Waals surface area contributed by atoms with Crippen molar-refractivity contribution in [2.24, 2.45) is 0 Å². The number of nitrogens with zero attached hydrogens (tertiary/aromatic N) is 3. The van der Waals surface area contributed by atoms with E-state index in [1.165, 1.54) is 9.30 Å². The minimum absolute atomic E-state index is 0.0148. The van der Waals surface area contributed by atoms with E-state index in [9.17, 15) is 9.59 Å². The lowest BCUT2D eigenvalue weighted by molar-refractivity contribution is -0.107. The zero-order chi connectivity index (χ0) is 14.9. The number of rotatable bonds is 4. The number of esters is 1. The summed E-state index contributed by atoms with van der Waals surface area (Å²) < 4.78 is 7.05. The molecule has 6 nitrogen and oxygen atoms in total. The number of carbonyl (C=O) groups excluding carboxylic acids is 2. The molecule has 0 bridgehead atoms. The summed E-state index contributed by atoms with van der Waals surface area (Å²) in [6.07, 6.45) is 0.649. The van der Waals surface area contributed by atoms with Crippen LogP contribution in [0.2, 0.25) is 5.15 Å². The van der Waals surface area contributed by atoms with Crippen LogP contribution in [0.3, 0.4) is 0 Å². The molecule has 8 heteroatoms. The average Bonchev–Trinajstić information content (AvgIpc) is 2.77. The van der Waals surface area contributed by atoms with Crippen molar-refractivity contribution in [3.05, 3.63) is 27.6 Å². The molecule has 0 saturated heterocycles. The number of anilines is 1. The van der Waals surface area contributed by atoms with E-state index in [-0.39, 0.29) is 17.5 Å². The first kappa shape index (κ1) is 14.8. The average molecular weight is 361 g/mol. The Morgan fingerprint density at radius 1 is 1.60 bits per heavy atom. The Hall–Kier alpha value is -1.60. The van der Waals surface area contributed by atoms with Crippen LogP contribution in [0, 0.1) is 0 Å². The maximum atomic E-state index is 11.8. The van der Waals surface area contributed by atoms with E-state index in [0.717, 1.165) is 0 Å². The van der Waals surface area contributed by atoms with Gasteiger partial charge in [-0.25, -0.2) is 9.78 Å². The van der Waals surface area contributed by atoms with E-state index in [1.54, 1.807) is 26.1 Å². The Balaban J connectivity index is 2.71. The molecule has 0 fully saturated rings. The lowest BCUT2D eigenvalue weighted by Crippen LogP contribution is -2.15. The highest BCUT2D eigenvalue weighted by Gasteiger charge is 2.22. The maximum absolute atomic E-state index is 11.8. The Kier molecular flexibility index (Phi) is 4.29. The summed E-state index contributed by atoms with van der Waals surface area (Å²) in [5.41, 5.74) is 0.934. The highest BCUT2D eigenvalue weighted by atomic mass is 79.9. The SMILES string of the molecule is CCOC(=O)c1nc2c(N(C)C=O)ccc(Br)n2c1Cl. The van der Waals surface area contributed by atoms with Crippen molar-refractivity contribution in [2.45, 2.75) is 6.92 Å². The molecule has 0 unspecified atom stereocenters. The molecule has 0 radical (unpaired) electrons. The van der Waals surface area contributed by atoms with Crippen molar-refractivity contribution in [2.75, 3.05) is 18.6 Å². The minimum Gasteiger partial charge on any atom is -0.461 e. The lowest BCUT2D eigenvalue weighted by atomic mass is 10.4. The highest BCUT2D eigenvalue weighted by molar-refractivity contribution is 9.10. The number of imidazole rings is 1. The van der Waals surface area contributed by atoms with E-state index in [4.69, 9.17) is 16.3 Å². The summed E-state index contributed by atoms with van der Waals surface area (Å²) in [5, 5.41) is 0.131. The summed E-state index contributed by atoms with van der Waals surface area (Å²) in [4.78, 5) is 28.3. The minimum atomic E-state index is -0.604. The van der Waals surface area contributed by atoms with Gasteiger partial charge in [0.15, 0.2) is 11.3 Å². The summed E-state index contributed by atoms with van der Waals surface area (Å²) in [6, 6.07) is 3.41. The zero-order valence-corrected chi connectivity index (χ0v) is 13.1. The van der Waals surface area contributed by atoms with Crippen LogP contribution in [-0.2, 0) is 9.53 Å². The molecule has 2 heterocycles. The van der Waals surface area contributed by atoms with Gasteiger partial charge in [0.2, 0.25) is 6.41 Å². The van der Waals surface area contributed by atoms with Gasteiger partial charge in [0.25, 0.3) is 0 Å². The molecule has 0 N–H and O–H groups in total. The second kappa shape index (κ2) is 5.80. The van der Waals surface area contributed by atoms with Crippen LogP contribution >= 0.6 is 27.5 Å². The Morgan fingerprint density at radius 2 is 2.30 bits per heavy atom. The van der Waals surface area contributed by atoms with Crippen LogP contribution in [-0.4, -0.2) is 35.4 Å². The van der Waals surface area contributed by atoms with Crippen LogP contribution in [0.25, 0.3) is 5.65 Å². The van der Waals surface area contributed by atoms with Crippen molar-refractivity contribution >= 4 is 51.2 Å². The van der Waals surface area contributed by atoms with Crippen molar-refractivity contribution in [1.29, 1.82) is 0 Å². The summed E-state index contributed by atoms with van der Waals surface area (Å²) >= 11 is 9.51. The quantitative estimate of drug-likeness (QED) is 0.477. The van der Waals surface area contributed by atoms with Gasteiger partial charge in [0, 0.05) is 7.05 Å². The predicted octanol–water partition coefficient (Wildman–Crippen LogP) is 2.52. The Morgan fingerprint density at radius 3 is 2.90 bits per heavy atom. The molecule has 20 heavy (non-hydrogen) atoms. The fourth-order valence-electron chi connectivity index (χ4n) is 1.73. The summed E-state index contributed by atoms with van der Waals surface area (Å²) in [5.74, 6) is -0.604. The standard InChI is InChI=1S/C12H11BrClN3O3/c1-3-20-12(19)9-10(14)17-8(13)5-4-7(11(17)15-9)16(2)6-18/h4-6H,3H2,1-2H3. The van der Waals surface area contributed by atoms with Crippen LogP contribution in [0.1, 0.15) is 17.4 Å². The molecular weight excluding hydrogens is 350 g/mol. The van der Waals surface area contributed by atoms with Crippen molar-refractivity contribution in [1.82, 2.24) is 9.38 Å². The van der Waals surface area contributed by atoms with E-state index in [1.807, 2.05) is 0 Å². The van der Waals surface area contributed by atoms with Gasteiger partial charge in [-0.3, -0.25) is 9.20 Å². The molecule has 0 aliphatic carbocycles. The number of halogens is 2. The molecule has 2 rings (SSSR count). The van der Waals surface area contributed by atoms with Gasteiger partial charge >= 0.3 is 5.97 Å². The van der Waals surface area contributed by atoms with E-state index in [0.29, 0.717) is 22.3 Å². The number of amides is 1. The number of hydrogen-bond donors (Lipinski definition) is 0. The Bertz CT molecular complexity index is 686. The zero-order valence-electron chi connectivity index (χ0n) is 10.8. The first-order valence-corrected chi connectivity index (χ1v) is 6.90. The van der Waals surface area contributed by atoms with Crippen molar-refractivity contribution in [3.8, 4) is 0 Å². The first-order chi connectivity index (χ1) is 9.51. The normalized spacial score (nSPS) is 10.6. The van der Waals surface area contributed by atoms with Crippen LogP contribution < -0.4 is 4.90 Å². The molecule has 0 aromatic carbocycles. The van der Waals surface area contributed by atoms with Crippen LogP contribution in [0.15, 0.2) is 16.7 Å². The lowest BCUT2D eigenvalue weighted by Gasteiger charge is -2.12. The van der Waals surface area contributed by atoms with E-state index in [2.05, 4.69) is 20.9 Å². The number of ether oxygens (including phenoxy) is 1. The molecule has 106 valence electrons. The highest BCUT2D eigenvalue weighted by Crippen LogP contribution is 2.30. The monoisotopic (exact) mass is 359 g/mol. The van der Waals surface area contributed by atoms with Gasteiger partial charge in [0.05, 0.1) is 16.9 Å². The third-order valence-electron chi connectivity index (χ3n) is 2.65. The molecule has 2 aromatic heterocycles. The number of carbonyl (C=O) groups is 2. The number of pyridine rings is 1. The van der Waals surface area contributed by atoms with Gasteiger partial charge in [-0.2, -0.15) is 0 Å². The summed E-state index contributed by atoms with van der Waals surface area (Å²) in [6.45, 7) is 1.93. The molecule has 0 spiro atoms. The predicted molar refractivity (Wildman–Crippen MR) is 78.3 cm³/mol. The fraction of sp³-hybridized carbons (Fsp3) is 0.250. The first-order valence-electron chi connectivity index (χ1n) is 5.73. The molecule has 0 aliphatic heterocycles. The number of fused-ring (bicyclic) bond motifs is 1. The van der Waals surface area contributed by atoms with Crippen LogP contribution in [0.4, 0.5) is 5.69 Å². The van der Waals surface area contributed by atoms with Gasteiger partial charge in [-0.15, -0.1) is 0 Å². The number of aromatic nitrogens is 2. The van der Waals surface area contributed by atoms with Gasteiger partial charge < -0.3 is 9.64 Å². The smallest absolute Gasteiger partial charge is 0.360 e. The molecule has 2 aromatic rings. The van der Waals surface area contributed by atoms with Crippen LogP contribution in [0.5, 0.6) is 0 Å². The number of hydrogen-bond acceptors (Lipinski definition) is 4. The van der Waals surface area contributed by atoms with Gasteiger partial charge in [-0.1, -0.05) is 11.6 Å². The van der Waals surface area contributed by atoms with Gasteiger partial charge in [-0.05, 0) is 35.0 Å². The molecule has 1 amide bonds. The van der Waals surface area contributed by atoms with Gasteiger partial charge in [0.1, 0.15) is 5.15 Å². The Labute approximate surface area is 128 Å². The largest absolute Gasteiger partial charge is 0.461 e. The molecular formula is C12H11BrClN3O3. The fourth-order valence-corrected chi connectivity index (χ4v) is 2.60. The second-order valence-corrected chi connectivity index (χ2v) is 5.06.